The quantitative estimate of drug-likeness (QED) is 0.440. The second kappa shape index (κ2) is 8.53. The molecular weight excluding hydrogens is 308 g/mol. The van der Waals surface area contributed by atoms with Crippen molar-refractivity contribution in [2.75, 3.05) is 6.61 Å². The summed E-state index contributed by atoms with van der Waals surface area (Å²) in [4.78, 5) is 23.2. The van der Waals surface area contributed by atoms with Crippen molar-refractivity contribution in [2.45, 2.75) is 13.3 Å². The number of rotatable bonds is 7. The van der Waals surface area contributed by atoms with Gasteiger partial charge in [-0.2, -0.15) is 0 Å². The third kappa shape index (κ3) is 4.98. The fraction of sp³-hybridized carbons (Fsp3) is 0.158. The Balaban J connectivity index is 1.96. The van der Waals surface area contributed by atoms with E-state index in [1.54, 1.807) is 36.4 Å². The Morgan fingerprint density at radius 2 is 1.46 bits per heavy atom. The van der Waals surface area contributed by atoms with E-state index in [9.17, 15) is 9.59 Å². The van der Waals surface area contributed by atoms with Crippen molar-refractivity contribution >= 4 is 11.9 Å². The van der Waals surface area contributed by atoms with Gasteiger partial charge < -0.3 is 14.2 Å². The predicted octanol–water partition coefficient (Wildman–Crippen LogP) is 3.79. The van der Waals surface area contributed by atoms with Crippen LogP contribution in [0.15, 0.2) is 61.2 Å². The number of esters is 2. The van der Waals surface area contributed by atoms with Crippen molar-refractivity contribution in [1.29, 1.82) is 0 Å². The molecule has 5 nitrogen and oxygen atoms in total. The first-order valence-corrected chi connectivity index (χ1v) is 7.51. The van der Waals surface area contributed by atoms with Crippen LogP contribution in [0.2, 0.25) is 0 Å². The molecule has 0 fully saturated rings. The Bertz CT molecular complexity index is 702. The van der Waals surface area contributed by atoms with Gasteiger partial charge in [-0.15, -0.1) is 0 Å². The SMILES string of the molecule is C=CC(=O)Oc1ccc(OC(=O)c2ccc(OCCC)cc2)cc1. The first-order valence-electron chi connectivity index (χ1n) is 7.51. The van der Waals surface area contributed by atoms with Gasteiger partial charge in [0.1, 0.15) is 17.2 Å². The van der Waals surface area contributed by atoms with Crippen LogP contribution in [-0.4, -0.2) is 18.5 Å². The zero-order valence-corrected chi connectivity index (χ0v) is 13.4. The lowest BCUT2D eigenvalue weighted by Gasteiger charge is -2.07. The summed E-state index contributed by atoms with van der Waals surface area (Å²) in [7, 11) is 0. The lowest BCUT2D eigenvalue weighted by molar-refractivity contribution is -0.128. The van der Waals surface area contributed by atoms with E-state index in [0.29, 0.717) is 29.4 Å². The molecule has 0 bridgehead atoms. The summed E-state index contributed by atoms with van der Waals surface area (Å²) in [5.74, 6) is 0.377. The van der Waals surface area contributed by atoms with Gasteiger partial charge in [-0.1, -0.05) is 13.5 Å². The first kappa shape index (κ1) is 17.3. The van der Waals surface area contributed by atoms with E-state index in [1.807, 2.05) is 6.92 Å². The van der Waals surface area contributed by atoms with Crippen molar-refractivity contribution in [3.63, 3.8) is 0 Å². The van der Waals surface area contributed by atoms with Crippen LogP contribution in [0.4, 0.5) is 0 Å². The van der Waals surface area contributed by atoms with Gasteiger partial charge in [0, 0.05) is 6.08 Å². The summed E-state index contributed by atoms with van der Waals surface area (Å²) in [5.41, 5.74) is 0.418. The molecular formula is C19H18O5. The molecule has 2 aromatic rings. The number of hydrogen-bond acceptors (Lipinski definition) is 5. The minimum Gasteiger partial charge on any atom is -0.494 e. The summed E-state index contributed by atoms with van der Waals surface area (Å²) >= 11 is 0. The first-order chi connectivity index (χ1) is 11.6. The molecule has 24 heavy (non-hydrogen) atoms. The minimum absolute atomic E-state index is 0.345. The molecule has 0 aliphatic carbocycles. The van der Waals surface area contributed by atoms with Crippen molar-refractivity contribution in [2.24, 2.45) is 0 Å². The van der Waals surface area contributed by atoms with Crippen LogP contribution < -0.4 is 14.2 Å². The zero-order chi connectivity index (χ0) is 17.4. The van der Waals surface area contributed by atoms with E-state index < -0.39 is 11.9 Å². The lowest BCUT2D eigenvalue weighted by Crippen LogP contribution is -2.08. The van der Waals surface area contributed by atoms with Gasteiger partial charge in [0.2, 0.25) is 0 Å². The largest absolute Gasteiger partial charge is 0.494 e. The van der Waals surface area contributed by atoms with Gasteiger partial charge in [-0.3, -0.25) is 0 Å². The van der Waals surface area contributed by atoms with Gasteiger partial charge in [0.15, 0.2) is 0 Å². The Kier molecular flexibility index (Phi) is 6.14. The van der Waals surface area contributed by atoms with E-state index in [4.69, 9.17) is 14.2 Å². The highest BCUT2D eigenvalue weighted by atomic mass is 16.5. The maximum absolute atomic E-state index is 12.1. The Labute approximate surface area is 140 Å². The van der Waals surface area contributed by atoms with Crippen LogP contribution >= 0.6 is 0 Å². The average molecular weight is 326 g/mol. The molecule has 5 heteroatoms. The van der Waals surface area contributed by atoms with Gasteiger partial charge >= 0.3 is 11.9 Å². The summed E-state index contributed by atoms with van der Waals surface area (Å²) < 4.78 is 15.7. The summed E-state index contributed by atoms with van der Waals surface area (Å²) in [6, 6.07) is 12.9. The zero-order valence-electron chi connectivity index (χ0n) is 13.4. The van der Waals surface area contributed by atoms with Crippen molar-refractivity contribution < 1.29 is 23.8 Å². The Hall–Kier alpha value is -3.08. The molecule has 0 amide bonds. The second-order valence-electron chi connectivity index (χ2n) is 4.86. The van der Waals surface area contributed by atoms with Crippen LogP contribution in [0.1, 0.15) is 23.7 Å². The molecule has 0 radical (unpaired) electrons. The number of benzene rings is 2. The molecule has 0 aliphatic rings. The average Bonchev–Trinajstić information content (AvgIpc) is 2.61. The number of hydrogen-bond donors (Lipinski definition) is 0. The molecule has 0 aliphatic heterocycles. The molecule has 124 valence electrons. The number of carbonyl (C=O) groups excluding carboxylic acids is 2. The molecule has 2 rings (SSSR count). The predicted molar refractivity (Wildman–Crippen MR) is 89.5 cm³/mol. The monoisotopic (exact) mass is 326 g/mol. The molecule has 0 N–H and O–H groups in total. The molecule has 0 unspecified atom stereocenters. The third-order valence-electron chi connectivity index (χ3n) is 2.98. The van der Waals surface area contributed by atoms with Crippen molar-refractivity contribution in [3.8, 4) is 17.2 Å². The second-order valence-corrected chi connectivity index (χ2v) is 4.86. The highest BCUT2D eigenvalue weighted by Crippen LogP contribution is 2.20. The highest BCUT2D eigenvalue weighted by molar-refractivity contribution is 5.91. The maximum atomic E-state index is 12.1. The van der Waals surface area contributed by atoms with Gasteiger partial charge in [0.25, 0.3) is 0 Å². The van der Waals surface area contributed by atoms with E-state index in [2.05, 4.69) is 6.58 Å². The van der Waals surface area contributed by atoms with Gasteiger partial charge in [-0.05, 0) is 55.0 Å². The third-order valence-corrected chi connectivity index (χ3v) is 2.98. The highest BCUT2D eigenvalue weighted by Gasteiger charge is 2.09. The molecule has 0 saturated carbocycles. The van der Waals surface area contributed by atoms with Crippen LogP contribution in [-0.2, 0) is 4.79 Å². The van der Waals surface area contributed by atoms with E-state index >= 15 is 0 Å². The molecule has 0 spiro atoms. The normalized spacial score (nSPS) is 9.88. The van der Waals surface area contributed by atoms with Crippen LogP contribution in [0, 0.1) is 0 Å². The van der Waals surface area contributed by atoms with Crippen LogP contribution in [0.3, 0.4) is 0 Å². The van der Waals surface area contributed by atoms with E-state index in [1.165, 1.54) is 12.1 Å². The standard InChI is InChI=1S/C19H18O5/c1-3-13-22-15-7-5-14(6-8-15)19(21)24-17-11-9-16(10-12-17)23-18(20)4-2/h4-12H,2-3,13H2,1H3. The fourth-order valence-electron chi connectivity index (χ4n) is 1.81. The minimum atomic E-state index is -0.551. The Morgan fingerprint density at radius 3 is 2.00 bits per heavy atom. The maximum Gasteiger partial charge on any atom is 0.343 e. The molecule has 2 aromatic carbocycles. The lowest BCUT2D eigenvalue weighted by atomic mass is 10.2. The van der Waals surface area contributed by atoms with E-state index in [0.717, 1.165) is 12.5 Å². The molecule has 0 aromatic heterocycles. The molecule has 0 saturated heterocycles. The van der Waals surface area contributed by atoms with E-state index in [-0.39, 0.29) is 0 Å². The fourth-order valence-corrected chi connectivity index (χ4v) is 1.81. The summed E-state index contributed by atoms with van der Waals surface area (Å²) in [5, 5.41) is 0. The topological polar surface area (TPSA) is 61.8 Å². The van der Waals surface area contributed by atoms with Crippen molar-refractivity contribution in [3.05, 3.63) is 66.7 Å². The summed E-state index contributed by atoms with van der Waals surface area (Å²) in [6.07, 6.45) is 1.99. The van der Waals surface area contributed by atoms with Gasteiger partial charge in [0.05, 0.1) is 12.2 Å². The number of carbonyl (C=O) groups is 2. The Morgan fingerprint density at radius 1 is 0.917 bits per heavy atom. The van der Waals surface area contributed by atoms with Gasteiger partial charge in [-0.25, -0.2) is 9.59 Å². The van der Waals surface area contributed by atoms with Crippen LogP contribution in [0.25, 0.3) is 0 Å². The van der Waals surface area contributed by atoms with Crippen molar-refractivity contribution in [1.82, 2.24) is 0 Å². The number of ether oxygens (including phenoxy) is 3. The van der Waals surface area contributed by atoms with Crippen LogP contribution in [0.5, 0.6) is 17.2 Å². The molecule has 0 heterocycles. The molecule has 0 atom stereocenters. The summed E-state index contributed by atoms with van der Waals surface area (Å²) in [6.45, 7) is 5.97. The smallest absolute Gasteiger partial charge is 0.343 e.